The van der Waals surface area contributed by atoms with Crippen molar-refractivity contribution in [3.63, 3.8) is 0 Å². The van der Waals surface area contributed by atoms with Crippen molar-refractivity contribution in [3.05, 3.63) is 58.7 Å². The van der Waals surface area contributed by atoms with Crippen molar-refractivity contribution in [1.82, 2.24) is 4.90 Å². The Hall–Kier alpha value is -3.36. The molecule has 3 amide bonds. The van der Waals surface area contributed by atoms with Gasteiger partial charge in [0.2, 0.25) is 0 Å². The lowest BCUT2D eigenvalue weighted by Gasteiger charge is -2.18. The van der Waals surface area contributed by atoms with E-state index >= 15 is 0 Å². The molecule has 1 heterocycles. The highest BCUT2D eigenvalue weighted by Gasteiger charge is 2.36. The zero-order chi connectivity index (χ0) is 22.9. The molecule has 9 heteroatoms. The maximum atomic E-state index is 13.5. The molecule has 0 radical (unpaired) electrons. The minimum atomic E-state index is -4.67. The Morgan fingerprint density at radius 1 is 1.03 bits per heavy atom. The van der Waals surface area contributed by atoms with Crippen molar-refractivity contribution in [1.29, 1.82) is 0 Å². The fourth-order valence-corrected chi connectivity index (χ4v) is 3.30. The Kier molecular flexibility index (Phi) is 6.06. The summed E-state index contributed by atoms with van der Waals surface area (Å²) in [6, 6.07) is 7.52. The van der Waals surface area contributed by atoms with Crippen LogP contribution in [0.1, 0.15) is 56.4 Å². The minimum absolute atomic E-state index is 0.0120. The Morgan fingerprint density at radius 2 is 1.71 bits per heavy atom. The summed E-state index contributed by atoms with van der Waals surface area (Å²) in [4.78, 5) is 40.3. The van der Waals surface area contributed by atoms with Gasteiger partial charge in [0.25, 0.3) is 17.7 Å². The Bertz CT molecular complexity index is 1050. The molecule has 0 spiro atoms. The third kappa shape index (κ3) is 4.40. The third-order valence-corrected chi connectivity index (χ3v) is 5.04. The first kappa shape index (κ1) is 22.3. The molecular formula is C22H22F3N3O3. The summed E-state index contributed by atoms with van der Waals surface area (Å²) in [5, 5.41) is 2.27. The summed E-state index contributed by atoms with van der Waals surface area (Å²) in [6.07, 6.45) is -3.22. The second-order valence-corrected chi connectivity index (χ2v) is 7.45. The van der Waals surface area contributed by atoms with Crippen molar-refractivity contribution in [2.24, 2.45) is 0 Å². The van der Waals surface area contributed by atoms with Gasteiger partial charge in [0, 0.05) is 31.9 Å². The van der Waals surface area contributed by atoms with E-state index < -0.39 is 35.1 Å². The number of halogens is 3. The molecule has 6 nitrogen and oxygen atoms in total. The number of nitrogens with zero attached hydrogens (tertiary/aromatic N) is 2. The number of carbonyl (C=O) groups excluding carboxylic acids is 3. The van der Waals surface area contributed by atoms with Gasteiger partial charge in [-0.15, -0.1) is 0 Å². The van der Waals surface area contributed by atoms with Crippen LogP contribution in [0.4, 0.5) is 24.5 Å². The molecule has 1 N–H and O–H groups in total. The van der Waals surface area contributed by atoms with E-state index in [1.807, 2.05) is 6.92 Å². The van der Waals surface area contributed by atoms with Crippen LogP contribution in [0.15, 0.2) is 36.4 Å². The highest BCUT2D eigenvalue weighted by atomic mass is 19.4. The summed E-state index contributed by atoms with van der Waals surface area (Å²) >= 11 is 0. The molecule has 0 unspecified atom stereocenters. The van der Waals surface area contributed by atoms with E-state index in [4.69, 9.17) is 0 Å². The zero-order valence-corrected chi connectivity index (χ0v) is 17.3. The Morgan fingerprint density at radius 3 is 2.32 bits per heavy atom. The second-order valence-electron chi connectivity index (χ2n) is 7.45. The van der Waals surface area contributed by atoms with Crippen LogP contribution in [0.25, 0.3) is 0 Å². The molecule has 0 saturated heterocycles. The van der Waals surface area contributed by atoms with Gasteiger partial charge >= 0.3 is 6.18 Å². The van der Waals surface area contributed by atoms with E-state index in [0.717, 1.165) is 17.4 Å². The first-order valence-corrected chi connectivity index (χ1v) is 9.74. The highest BCUT2D eigenvalue weighted by Crippen LogP contribution is 2.37. The van der Waals surface area contributed by atoms with Crippen LogP contribution >= 0.6 is 0 Å². The van der Waals surface area contributed by atoms with Crippen LogP contribution < -0.4 is 10.2 Å². The zero-order valence-electron chi connectivity index (χ0n) is 17.3. The number of unbranched alkanes of at least 4 members (excludes halogenated alkanes) is 1. The van der Waals surface area contributed by atoms with Gasteiger partial charge < -0.3 is 10.2 Å². The van der Waals surface area contributed by atoms with Crippen LogP contribution in [0.3, 0.4) is 0 Å². The first-order chi connectivity index (χ1) is 14.5. The molecule has 0 bridgehead atoms. The monoisotopic (exact) mass is 433 g/mol. The van der Waals surface area contributed by atoms with Crippen LogP contribution in [0.5, 0.6) is 0 Å². The lowest BCUT2D eigenvalue weighted by atomic mass is 10.0. The van der Waals surface area contributed by atoms with Crippen LogP contribution in [-0.2, 0) is 6.18 Å². The molecule has 1 aliphatic heterocycles. The largest absolute Gasteiger partial charge is 0.418 e. The van der Waals surface area contributed by atoms with Gasteiger partial charge in [-0.2, -0.15) is 13.2 Å². The number of nitrogens with one attached hydrogen (secondary N) is 1. The Labute approximate surface area is 177 Å². The van der Waals surface area contributed by atoms with Gasteiger partial charge in [0.15, 0.2) is 0 Å². The predicted octanol–water partition coefficient (Wildman–Crippen LogP) is 4.42. The highest BCUT2D eigenvalue weighted by molar-refractivity contribution is 6.22. The summed E-state index contributed by atoms with van der Waals surface area (Å²) in [5.74, 6) is -1.74. The number of amides is 3. The van der Waals surface area contributed by atoms with Crippen molar-refractivity contribution >= 4 is 29.1 Å². The first-order valence-electron chi connectivity index (χ1n) is 9.74. The smallest absolute Gasteiger partial charge is 0.378 e. The normalized spacial score (nSPS) is 13.4. The van der Waals surface area contributed by atoms with Gasteiger partial charge in [0.1, 0.15) is 0 Å². The van der Waals surface area contributed by atoms with Crippen molar-refractivity contribution in [2.75, 3.05) is 30.9 Å². The fraction of sp³-hybridized carbons (Fsp3) is 0.318. The molecule has 0 saturated carbocycles. The molecule has 2 aromatic carbocycles. The summed E-state index contributed by atoms with van der Waals surface area (Å²) in [5.41, 5.74) is -0.793. The molecule has 0 aliphatic carbocycles. The van der Waals surface area contributed by atoms with Crippen molar-refractivity contribution in [2.45, 2.75) is 25.9 Å². The number of hydrogen-bond acceptors (Lipinski definition) is 4. The standard InChI is InChI=1S/C22H22F3N3O3/c1-4-5-10-28-20(30)15-8-6-13(11-16(15)21(28)31)19(29)26-18-9-7-14(27(2)3)12-17(18)22(23,24)25/h6-9,11-12H,4-5,10H2,1-3H3,(H,26,29). The van der Waals surface area contributed by atoms with Crippen LogP contribution in [-0.4, -0.2) is 43.3 Å². The number of anilines is 2. The number of hydrogen-bond donors (Lipinski definition) is 1. The molecule has 0 fully saturated rings. The number of fused-ring (bicyclic) bond motifs is 1. The number of rotatable bonds is 6. The number of imide groups is 1. The molecular weight excluding hydrogens is 411 g/mol. The van der Waals surface area contributed by atoms with Gasteiger partial charge in [-0.05, 0) is 42.8 Å². The van der Waals surface area contributed by atoms with E-state index in [1.165, 1.54) is 35.2 Å². The average Bonchev–Trinajstić information content (AvgIpc) is 2.95. The maximum Gasteiger partial charge on any atom is 0.418 e. The number of benzene rings is 2. The molecule has 0 aromatic heterocycles. The Balaban J connectivity index is 1.89. The third-order valence-electron chi connectivity index (χ3n) is 5.04. The maximum absolute atomic E-state index is 13.5. The van der Waals surface area contributed by atoms with Gasteiger partial charge in [-0.25, -0.2) is 0 Å². The van der Waals surface area contributed by atoms with Gasteiger partial charge in [-0.1, -0.05) is 13.3 Å². The van der Waals surface area contributed by atoms with Crippen LogP contribution in [0, 0.1) is 0 Å². The van der Waals surface area contributed by atoms with Crippen molar-refractivity contribution < 1.29 is 27.6 Å². The summed E-state index contributed by atoms with van der Waals surface area (Å²) < 4.78 is 40.5. The number of alkyl halides is 3. The molecule has 0 atom stereocenters. The molecule has 2 aromatic rings. The quantitative estimate of drug-likeness (QED) is 0.685. The lowest BCUT2D eigenvalue weighted by molar-refractivity contribution is -0.136. The predicted molar refractivity (Wildman–Crippen MR) is 110 cm³/mol. The van der Waals surface area contributed by atoms with E-state index in [9.17, 15) is 27.6 Å². The molecule has 1 aliphatic rings. The second kappa shape index (κ2) is 8.41. The van der Waals surface area contributed by atoms with Crippen LogP contribution in [0.2, 0.25) is 0 Å². The molecule has 31 heavy (non-hydrogen) atoms. The van der Waals surface area contributed by atoms with E-state index in [1.54, 1.807) is 14.1 Å². The summed E-state index contributed by atoms with van der Waals surface area (Å²) in [6.45, 7) is 2.21. The topological polar surface area (TPSA) is 69.7 Å². The van der Waals surface area contributed by atoms with Crippen molar-refractivity contribution in [3.8, 4) is 0 Å². The van der Waals surface area contributed by atoms with E-state index in [0.29, 0.717) is 12.1 Å². The lowest BCUT2D eigenvalue weighted by Crippen LogP contribution is -2.30. The molecule has 164 valence electrons. The van der Waals surface area contributed by atoms with Gasteiger partial charge in [-0.3, -0.25) is 19.3 Å². The molecule has 3 rings (SSSR count). The van der Waals surface area contributed by atoms with E-state index in [-0.39, 0.29) is 23.2 Å². The average molecular weight is 433 g/mol. The SMILES string of the molecule is CCCCN1C(=O)c2ccc(C(=O)Nc3ccc(N(C)C)cc3C(F)(F)F)cc2C1=O. The number of carbonyl (C=O) groups is 3. The minimum Gasteiger partial charge on any atom is -0.378 e. The fourth-order valence-electron chi connectivity index (χ4n) is 3.30. The van der Waals surface area contributed by atoms with E-state index in [2.05, 4.69) is 5.32 Å². The summed E-state index contributed by atoms with van der Waals surface area (Å²) in [7, 11) is 3.22. The van der Waals surface area contributed by atoms with Gasteiger partial charge in [0.05, 0.1) is 22.4 Å².